The molecule has 0 fully saturated rings. The second-order valence-electron chi connectivity index (χ2n) is 3.09. The van der Waals surface area contributed by atoms with Crippen LogP contribution in [0.15, 0.2) is 6.07 Å². The van der Waals surface area contributed by atoms with Crippen LogP contribution in [0.3, 0.4) is 0 Å². The molecule has 70 valence electrons. The Kier molecular flexibility index (Phi) is 5.16. The summed E-state index contributed by atoms with van der Waals surface area (Å²) in [6, 6.07) is 1.76. The summed E-state index contributed by atoms with van der Waals surface area (Å²) in [6.07, 6.45) is 0. The van der Waals surface area contributed by atoms with Crippen molar-refractivity contribution in [3.8, 4) is 0 Å². The van der Waals surface area contributed by atoms with Crippen molar-refractivity contribution in [1.29, 1.82) is 0 Å². The van der Waals surface area contributed by atoms with Crippen LogP contribution in [0.1, 0.15) is 27.0 Å². The van der Waals surface area contributed by atoms with E-state index in [2.05, 4.69) is 0 Å². The van der Waals surface area contributed by atoms with Gasteiger partial charge in [0.15, 0.2) is 0 Å². The van der Waals surface area contributed by atoms with Gasteiger partial charge in [-0.25, -0.2) is 0 Å². The number of halogens is 1. The zero-order chi connectivity index (χ0) is 10.2. The standard InChI is InChI=1S/C10H11ClO2.Na/c1-5-4-8(11)7(3)9(6(5)2)10(12)13;/h4H,1-3H3,(H,12,13);/q;+1/p-1. The van der Waals surface area contributed by atoms with Gasteiger partial charge in [0, 0.05) is 10.6 Å². The number of aryl methyl sites for hydroxylation is 1. The molecular formula is C10H10ClNaO2. The summed E-state index contributed by atoms with van der Waals surface area (Å²) in [5.41, 5.74) is 2.38. The number of carboxylic acid groups (broad SMARTS) is 1. The first kappa shape index (κ1) is 14.0. The van der Waals surface area contributed by atoms with E-state index < -0.39 is 5.97 Å². The van der Waals surface area contributed by atoms with E-state index in [0.29, 0.717) is 10.6 Å². The summed E-state index contributed by atoms with van der Waals surface area (Å²) in [6.45, 7) is 5.26. The number of carboxylic acids is 1. The number of carbonyl (C=O) groups excluding carboxylic acids is 1. The molecule has 14 heavy (non-hydrogen) atoms. The van der Waals surface area contributed by atoms with E-state index in [1.165, 1.54) is 0 Å². The van der Waals surface area contributed by atoms with Gasteiger partial charge in [0.25, 0.3) is 0 Å². The molecule has 0 saturated carbocycles. The Morgan fingerprint density at radius 1 is 1.29 bits per heavy atom. The van der Waals surface area contributed by atoms with Crippen LogP contribution in [0.2, 0.25) is 5.02 Å². The Labute approximate surface area is 111 Å². The van der Waals surface area contributed by atoms with E-state index in [0.717, 1.165) is 11.1 Å². The van der Waals surface area contributed by atoms with Crippen LogP contribution in [-0.2, 0) is 0 Å². The average Bonchev–Trinajstić information content (AvgIpc) is 2.01. The number of rotatable bonds is 1. The molecule has 0 amide bonds. The third-order valence-electron chi connectivity index (χ3n) is 2.25. The van der Waals surface area contributed by atoms with Gasteiger partial charge in [0.1, 0.15) is 0 Å². The first-order valence-electron chi connectivity index (χ1n) is 3.92. The van der Waals surface area contributed by atoms with Gasteiger partial charge in [-0.2, -0.15) is 0 Å². The monoisotopic (exact) mass is 220 g/mol. The summed E-state index contributed by atoms with van der Waals surface area (Å²) < 4.78 is 0. The van der Waals surface area contributed by atoms with Gasteiger partial charge in [0.2, 0.25) is 0 Å². The minimum absolute atomic E-state index is 0. The molecule has 0 radical (unpaired) electrons. The molecule has 0 spiro atoms. The predicted molar refractivity (Wildman–Crippen MR) is 50.0 cm³/mol. The first-order valence-corrected chi connectivity index (χ1v) is 4.30. The molecule has 0 aromatic heterocycles. The molecule has 0 aliphatic carbocycles. The van der Waals surface area contributed by atoms with Crippen LogP contribution < -0.4 is 34.7 Å². The molecule has 0 heterocycles. The summed E-state index contributed by atoms with van der Waals surface area (Å²) in [5.74, 6) is -1.17. The molecule has 0 atom stereocenters. The van der Waals surface area contributed by atoms with Crippen LogP contribution in [0.5, 0.6) is 0 Å². The van der Waals surface area contributed by atoms with Crippen molar-refractivity contribution in [3.63, 3.8) is 0 Å². The van der Waals surface area contributed by atoms with Crippen molar-refractivity contribution in [2.24, 2.45) is 0 Å². The Balaban J connectivity index is 0.00000169. The zero-order valence-electron chi connectivity index (χ0n) is 8.77. The van der Waals surface area contributed by atoms with Crippen molar-refractivity contribution in [2.75, 3.05) is 0 Å². The minimum atomic E-state index is -1.17. The Hall–Kier alpha value is -0.0200. The van der Waals surface area contributed by atoms with Gasteiger partial charge in [0.05, 0.1) is 5.97 Å². The molecule has 1 rings (SSSR count). The quantitative estimate of drug-likeness (QED) is 0.548. The maximum atomic E-state index is 10.8. The first-order chi connectivity index (χ1) is 5.95. The third kappa shape index (κ3) is 2.51. The van der Waals surface area contributed by atoms with Gasteiger partial charge in [-0.3, -0.25) is 0 Å². The fourth-order valence-electron chi connectivity index (χ4n) is 1.31. The van der Waals surface area contributed by atoms with Crippen molar-refractivity contribution >= 4 is 17.6 Å². The zero-order valence-corrected chi connectivity index (χ0v) is 11.5. The summed E-state index contributed by atoms with van der Waals surface area (Å²) >= 11 is 5.84. The fourth-order valence-corrected chi connectivity index (χ4v) is 1.57. The van der Waals surface area contributed by atoms with Crippen LogP contribution in [0, 0.1) is 20.8 Å². The molecule has 0 N–H and O–H groups in total. The van der Waals surface area contributed by atoms with Crippen LogP contribution in [-0.4, -0.2) is 5.97 Å². The Morgan fingerprint density at radius 3 is 2.21 bits per heavy atom. The van der Waals surface area contributed by atoms with Crippen molar-refractivity contribution in [2.45, 2.75) is 20.8 Å². The van der Waals surface area contributed by atoms with Gasteiger partial charge in [-0.05, 0) is 43.5 Å². The summed E-state index contributed by atoms with van der Waals surface area (Å²) in [5, 5.41) is 11.3. The van der Waals surface area contributed by atoms with Gasteiger partial charge < -0.3 is 9.90 Å². The van der Waals surface area contributed by atoms with Gasteiger partial charge in [-0.1, -0.05) is 11.6 Å². The molecule has 1 aromatic carbocycles. The van der Waals surface area contributed by atoms with Crippen LogP contribution >= 0.6 is 11.6 Å². The number of aromatic carboxylic acids is 1. The molecule has 1 aromatic rings. The van der Waals surface area contributed by atoms with Gasteiger partial charge >= 0.3 is 29.6 Å². The van der Waals surface area contributed by atoms with E-state index in [4.69, 9.17) is 11.6 Å². The molecule has 0 aliphatic heterocycles. The van der Waals surface area contributed by atoms with Crippen molar-refractivity contribution < 1.29 is 39.5 Å². The molecule has 0 aliphatic rings. The van der Waals surface area contributed by atoms with Crippen LogP contribution in [0.25, 0.3) is 0 Å². The molecular weight excluding hydrogens is 211 g/mol. The molecule has 2 nitrogen and oxygen atoms in total. The van der Waals surface area contributed by atoms with Crippen LogP contribution in [0.4, 0.5) is 0 Å². The van der Waals surface area contributed by atoms with E-state index in [9.17, 15) is 9.90 Å². The maximum Gasteiger partial charge on any atom is 1.00 e. The predicted octanol–water partition coefficient (Wildman–Crippen LogP) is -1.37. The topological polar surface area (TPSA) is 40.1 Å². The van der Waals surface area contributed by atoms with E-state index >= 15 is 0 Å². The number of hydrogen-bond donors (Lipinski definition) is 0. The van der Waals surface area contributed by atoms with Gasteiger partial charge in [-0.15, -0.1) is 0 Å². The average molecular weight is 221 g/mol. The number of carbonyl (C=O) groups is 1. The molecule has 0 unspecified atom stereocenters. The van der Waals surface area contributed by atoms with E-state index in [-0.39, 0.29) is 35.1 Å². The Morgan fingerprint density at radius 2 is 1.79 bits per heavy atom. The molecule has 0 bridgehead atoms. The normalized spacial score (nSPS) is 9.43. The summed E-state index contributed by atoms with van der Waals surface area (Å²) in [7, 11) is 0. The molecule has 0 saturated heterocycles. The Bertz CT molecular complexity index is 349. The second-order valence-corrected chi connectivity index (χ2v) is 3.49. The minimum Gasteiger partial charge on any atom is -0.545 e. The summed E-state index contributed by atoms with van der Waals surface area (Å²) in [4.78, 5) is 10.8. The SMILES string of the molecule is Cc1cc(Cl)c(C)c(C(=O)[O-])c1C.[Na+]. The number of benzene rings is 1. The van der Waals surface area contributed by atoms with Crippen molar-refractivity contribution in [3.05, 3.63) is 33.3 Å². The third-order valence-corrected chi connectivity index (χ3v) is 2.64. The second kappa shape index (κ2) is 5.17. The fraction of sp³-hybridized carbons (Fsp3) is 0.300. The van der Waals surface area contributed by atoms with E-state index in [1.54, 1.807) is 19.9 Å². The van der Waals surface area contributed by atoms with E-state index in [1.807, 2.05) is 6.92 Å². The number of hydrogen-bond acceptors (Lipinski definition) is 2. The maximum absolute atomic E-state index is 10.8. The molecule has 4 heteroatoms. The van der Waals surface area contributed by atoms with Crippen molar-refractivity contribution in [1.82, 2.24) is 0 Å². The largest absolute Gasteiger partial charge is 1.00 e. The smallest absolute Gasteiger partial charge is 0.545 e.